The molecule has 1 heterocycles. The summed E-state index contributed by atoms with van der Waals surface area (Å²) in [6, 6.07) is 7.21. The fourth-order valence-corrected chi connectivity index (χ4v) is 2.99. The minimum atomic E-state index is -0.121. The van der Waals surface area contributed by atoms with Crippen LogP contribution in [0.4, 0.5) is 5.69 Å². The minimum absolute atomic E-state index is 0.0834. The number of aryl methyl sites for hydroxylation is 1. The number of carbonyl (C=O) groups excluding carboxylic acids is 2. The van der Waals surface area contributed by atoms with Crippen molar-refractivity contribution in [2.75, 3.05) is 19.5 Å². The van der Waals surface area contributed by atoms with Crippen molar-refractivity contribution in [3.8, 4) is 11.5 Å². The molecule has 0 aliphatic heterocycles. The second kappa shape index (κ2) is 8.49. The molecular weight excluding hydrogens is 326 g/mol. The van der Waals surface area contributed by atoms with E-state index in [0.29, 0.717) is 36.4 Å². The number of nitrogens with one attached hydrogen (secondary N) is 1. The van der Waals surface area contributed by atoms with Gasteiger partial charge in [0.05, 0.1) is 19.1 Å². The van der Waals surface area contributed by atoms with Crippen molar-refractivity contribution in [3.63, 3.8) is 0 Å². The van der Waals surface area contributed by atoms with Crippen molar-refractivity contribution in [2.24, 2.45) is 0 Å². The van der Waals surface area contributed by atoms with Gasteiger partial charge in [-0.05, 0) is 36.4 Å². The number of hydrogen-bond donors (Lipinski definition) is 1. The molecule has 1 amide bonds. The van der Waals surface area contributed by atoms with E-state index in [1.165, 1.54) is 11.3 Å². The molecule has 2 rings (SSSR count). The first kappa shape index (κ1) is 18.0. The summed E-state index contributed by atoms with van der Waals surface area (Å²) in [6.07, 6.45) is 1.19. The summed E-state index contributed by atoms with van der Waals surface area (Å²) in [6.45, 7) is 1.89. The maximum Gasteiger partial charge on any atom is 0.224 e. The van der Waals surface area contributed by atoms with Crippen LogP contribution >= 0.6 is 11.3 Å². The normalized spacial score (nSPS) is 10.3. The van der Waals surface area contributed by atoms with Crippen molar-refractivity contribution in [1.29, 1.82) is 0 Å². The number of ether oxygens (including phenoxy) is 2. The predicted octanol–water partition coefficient (Wildman–Crippen LogP) is 4.07. The molecule has 0 radical (unpaired) electrons. The highest BCUT2D eigenvalue weighted by Gasteiger charge is 2.12. The molecule has 0 saturated heterocycles. The van der Waals surface area contributed by atoms with E-state index < -0.39 is 0 Å². The summed E-state index contributed by atoms with van der Waals surface area (Å²) < 4.78 is 10.5. The third-order valence-electron chi connectivity index (χ3n) is 3.61. The van der Waals surface area contributed by atoms with Crippen molar-refractivity contribution < 1.29 is 19.1 Å². The fraction of sp³-hybridized carbons (Fsp3) is 0.333. The first-order chi connectivity index (χ1) is 11.5. The molecule has 24 heavy (non-hydrogen) atoms. The predicted molar refractivity (Wildman–Crippen MR) is 95.4 cm³/mol. The van der Waals surface area contributed by atoms with Crippen LogP contribution < -0.4 is 14.8 Å². The Hall–Kier alpha value is -2.34. The average Bonchev–Trinajstić information content (AvgIpc) is 3.10. The van der Waals surface area contributed by atoms with Crippen LogP contribution in [-0.4, -0.2) is 25.9 Å². The van der Waals surface area contributed by atoms with Crippen LogP contribution in [0.15, 0.2) is 29.6 Å². The smallest absolute Gasteiger partial charge is 0.224 e. The first-order valence-corrected chi connectivity index (χ1v) is 8.52. The second-order valence-corrected chi connectivity index (χ2v) is 6.27. The zero-order valence-electron chi connectivity index (χ0n) is 14.0. The van der Waals surface area contributed by atoms with Gasteiger partial charge in [0.25, 0.3) is 0 Å². The largest absolute Gasteiger partial charge is 0.493 e. The molecule has 0 bridgehead atoms. The number of rotatable bonds is 8. The third-order valence-corrected chi connectivity index (χ3v) is 4.52. The summed E-state index contributed by atoms with van der Waals surface area (Å²) in [5.41, 5.74) is 1.57. The summed E-state index contributed by atoms with van der Waals surface area (Å²) >= 11 is 1.43. The highest BCUT2D eigenvalue weighted by Crippen LogP contribution is 2.33. The third kappa shape index (κ3) is 4.58. The van der Waals surface area contributed by atoms with Crippen LogP contribution in [0.1, 0.15) is 34.5 Å². The van der Waals surface area contributed by atoms with Gasteiger partial charge in [-0.2, -0.15) is 0 Å². The lowest BCUT2D eigenvalue weighted by molar-refractivity contribution is -0.116. The molecule has 5 nitrogen and oxygen atoms in total. The number of Topliss-reactive ketones (excluding diaryl/α,β-unsaturated/α-hetero) is 1. The number of ketones is 1. The van der Waals surface area contributed by atoms with Crippen LogP contribution in [0.5, 0.6) is 11.5 Å². The average molecular weight is 347 g/mol. The van der Waals surface area contributed by atoms with Gasteiger partial charge in [-0.25, -0.2) is 0 Å². The number of amides is 1. The number of thiophene rings is 1. The Balaban J connectivity index is 1.89. The Bertz CT molecular complexity index is 710. The number of anilines is 1. The molecule has 0 spiro atoms. The summed E-state index contributed by atoms with van der Waals surface area (Å²) in [5.74, 6) is 1.14. The van der Waals surface area contributed by atoms with Crippen LogP contribution in [-0.2, 0) is 4.79 Å². The zero-order chi connectivity index (χ0) is 17.5. The van der Waals surface area contributed by atoms with Crippen molar-refractivity contribution in [2.45, 2.75) is 26.2 Å². The van der Waals surface area contributed by atoms with Crippen LogP contribution in [0.2, 0.25) is 0 Å². The number of carbonyl (C=O) groups is 2. The monoisotopic (exact) mass is 347 g/mol. The molecule has 2 aromatic rings. The molecule has 0 aliphatic rings. The van der Waals surface area contributed by atoms with Crippen molar-refractivity contribution in [1.82, 2.24) is 0 Å². The second-order valence-electron chi connectivity index (χ2n) is 5.32. The maximum absolute atomic E-state index is 12.1. The summed E-state index contributed by atoms with van der Waals surface area (Å²) in [7, 11) is 3.12. The van der Waals surface area contributed by atoms with Crippen molar-refractivity contribution in [3.05, 3.63) is 40.1 Å². The van der Waals surface area contributed by atoms with Gasteiger partial charge in [-0.3, -0.25) is 9.59 Å². The van der Waals surface area contributed by atoms with Gasteiger partial charge in [0.1, 0.15) is 0 Å². The van der Waals surface area contributed by atoms with Crippen LogP contribution in [0.25, 0.3) is 0 Å². The van der Waals surface area contributed by atoms with E-state index in [1.807, 2.05) is 24.4 Å². The lowest BCUT2D eigenvalue weighted by atomic mass is 10.1. The highest BCUT2D eigenvalue weighted by molar-refractivity contribution is 7.12. The Morgan fingerprint density at radius 2 is 1.83 bits per heavy atom. The topological polar surface area (TPSA) is 64.6 Å². The lowest BCUT2D eigenvalue weighted by Crippen LogP contribution is -2.13. The molecule has 0 saturated carbocycles. The summed E-state index contributed by atoms with van der Waals surface area (Å²) in [4.78, 5) is 24.7. The molecule has 6 heteroatoms. The van der Waals surface area contributed by atoms with E-state index in [4.69, 9.17) is 9.47 Å². The quantitative estimate of drug-likeness (QED) is 0.731. The molecule has 0 atom stereocenters. The van der Waals surface area contributed by atoms with Gasteiger partial charge in [0, 0.05) is 24.6 Å². The molecular formula is C18H21NO4S. The number of methoxy groups -OCH3 is 2. The van der Waals surface area contributed by atoms with E-state index in [1.54, 1.807) is 26.4 Å². The van der Waals surface area contributed by atoms with E-state index in [2.05, 4.69) is 5.32 Å². The van der Waals surface area contributed by atoms with Gasteiger partial charge in [-0.1, -0.05) is 6.07 Å². The van der Waals surface area contributed by atoms with Gasteiger partial charge in [0.2, 0.25) is 5.91 Å². The van der Waals surface area contributed by atoms with Crippen LogP contribution in [0.3, 0.4) is 0 Å². The van der Waals surface area contributed by atoms with E-state index in [0.717, 1.165) is 10.4 Å². The van der Waals surface area contributed by atoms with E-state index >= 15 is 0 Å². The molecule has 1 aromatic heterocycles. The highest BCUT2D eigenvalue weighted by atomic mass is 32.1. The molecule has 0 unspecified atom stereocenters. The Morgan fingerprint density at radius 1 is 1.12 bits per heavy atom. The van der Waals surface area contributed by atoms with Gasteiger partial charge in [0.15, 0.2) is 17.3 Å². The lowest BCUT2D eigenvalue weighted by Gasteiger charge is -2.13. The first-order valence-electron chi connectivity index (χ1n) is 7.64. The Kier molecular flexibility index (Phi) is 6.37. The SMILES string of the molecule is COc1cc(C)c(NC(=O)CCCC(=O)c2cccs2)cc1OC. The maximum atomic E-state index is 12.1. The fourth-order valence-electron chi connectivity index (χ4n) is 2.30. The minimum Gasteiger partial charge on any atom is -0.493 e. The molecule has 0 fully saturated rings. The van der Waals surface area contributed by atoms with E-state index in [9.17, 15) is 9.59 Å². The molecule has 128 valence electrons. The number of hydrogen-bond acceptors (Lipinski definition) is 5. The standard InChI is InChI=1S/C18H21NO4S/c1-12-10-15(22-2)16(23-3)11-13(12)19-18(21)8-4-6-14(20)17-7-5-9-24-17/h5,7,9-11H,4,6,8H2,1-3H3,(H,19,21). The molecule has 0 aliphatic carbocycles. The van der Waals surface area contributed by atoms with Gasteiger partial charge in [-0.15, -0.1) is 11.3 Å². The van der Waals surface area contributed by atoms with Crippen LogP contribution in [0, 0.1) is 6.92 Å². The zero-order valence-corrected chi connectivity index (χ0v) is 14.9. The van der Waals surface area contributed by atoms with Gasteiger partial charge < -0.3 is 14.8 Å². The van der Waals surface area contributed by atoms with E-state index in [-0.39, 0.29) is 11.7 Å². The molecule has 1 aromatic carbocycles. The Morgan fingerprint density at radius 3 is 2.46 bits per heavy atom. The van der Waals surface area contributed by atoms with Crippen molar-refractivity contribution >= 4 is 28.7 Å². The molecule has 1 N–H and O–H groups in total. The van der Waals surface area contributed by atoms with Gasteiger partial charge >= 0.3 is 0 Å². The Labute approximate surface area is 145 Å². The summed E-state index contributed by atoms with van der Waals surface area (Å²) in [5, 5.41) is 4.74. The number of benzene rings is 1.